The van der Waals surface area contributed by atoms with Crippen molar-refractivity contribution in [1.82, 2.24) is 4.90 Å². The molecule has 3 amide bonds. The summed E-state index contributed by atoms with van der Waals surface area (Å²) in [5.41, 5.74) is 7.15. The van der Waals surface area contributed by atoms with Gasteiger partial charge in [-0.1, -0.05) is 33.2 Å². The van der Waals surface area contributed by atoms with Gasteiger partial charge in [0.05, 0.1) is 25.0 Å². The molecule has 1 aliphatic heterocycles. The predicted molar refractivity (Wildman–Crippen MR) is 122 cm³/mol. The molecule has 0 aliphatic carbocycles. The van der Waals surface area contributed by atoms with Crippen molar-refractivity contribution in [3.63, 3.8) is 0 Å². The second kappa shape index (κ2) is 9.81. The van der Waals surface area contributed by atoms with Crippen molar-refractivity contribution in [1.29, 1.82) is 0 Å². The topological polar surface area (TPSA) is 129 Å². The molecule has 1 aliphatic rings. The number of allylic oxidation sites excluding steroid dienone is 2. The van der Waals surface area contributed by atoms with Crippen molar-refractivity contribution >= 4 is 45.1 Å². The fourth-order valence-electron chi connectivity index (χ4n) is 2.75. The summed E-state index contributed by atoms with van der Waals surface area (Å²) in [4.78, 5) is 26.9. The average Bonchev–Trinajstić information content (AvgIpc) is 2.79. The highest BCUT2D eigenvalue weighted by Crippen LogP contribution is 2.28. The Morgan fingerprint density at radius 1 is 1.13 bits per heavy atom. The average molecular weight is 486 g/mol. The maximum atomic E-state index is 12.7. The minimum atomic E-state index is -0.393. The van der Waals surface area contributed by atoms with Crippen molar-refractivity contribution in [2.45, 2.75) is 0 Å². The van der Waals surface area contributed by atoms with Crippen LogP contribution >= 0.6 is 15.9 Å². The zero-order valence-corrected chi connectivity index (χ0v) is 18.1. The summed E-state index contributed by atoms with van der Waals surface area (Å²) in [6.45, 7) is 0.390. The van der Waals surface area contributed by atoms with Gasteiger partial charge < -0.3 is 26.3 Å². The Morgan fingerprint density at radius 2 is 1.84 bits per heavy atom. The van der Waals surface area contributed by atoms with E-state index in [2.05, 4.69) is 31.7 Å². The summed E-state index contributed by atoms with van der Waals surface area (Å²) in [6.07, 6.45) is 5.26. The molecule has 0 fully saturated rings. The van der Waals surface area contributed by atoms with E-state index < -0.39 is 5.91 Å². The van der Waals surface area contributed by atoms with Crippen LogP contribution in [0.4, 0.5) is 16.2 Å². The predicted octanol–water partition coefficient (Wildman–Crippen LogP) is 3.68. The van der Waals surface area contributed by atoms with Gasteiger partial charge in [-0.05, 0) is 36.4 Å². The minimum absolute atomic E-state index is 0.0552. The number of amides is 3. The first kappa shape index (κ1) is 21.9. The van der Waals surface area contributed by atoms with Crippen LogP contribution in [0, 0.1) is 0 Å². The standard InChI is InChI=1S/C21H20BrN5O4/c1-31-16-8-9-17(18(11-16)25-21(29)27-10-2-3-15(22)12-27)24-20(28)14-6-4-13(5-7-14)19(23)26-30/h2-11,30H,12H2,1H3,(H2,23,26)(H,24,28)(H,25,29). The first-order chi connectivity index (χ1) is 14.9. The summed E-state index contributed by atoms with van der Waals surface area (Å²) in [5, 5.41) is 17.2. The van der Waals surface area contributed by atoms with Gasteiger partial charge in [-0.3, -0.25) is 9.69 Å². The van der Waals surface area contributed by atoms with Crippen LogP contribution in [0.25, 0.3) is 0 Å². The SMILES string of the molecule is COc1ccc(NC(=O)c2ccc(C(N)=NO)cc2)c(NC(=O)N2C=CC=C(Br)C2)c1. The van der Waals surface area contributed by atoms with Gasteiger partial charge in [0.15, 0.2) is 5.84 Å². The van der Waals surface area contributed by atoms with E-state index in [1.807, 2.05) is 6.08 Å². The first-order valence-electron chi connectivity index (χ1n) is 9.09. The fourth-order valence-corrected chi connectivity index (χ4v) is 3.18. The molecule has 0 aromatic heterocycles. The number of benzene rings is 2. The van der Waals surface area contributed by atoms with E-state index in [1.165, 1.54) is 12.0 Å². The molecule has 0 saturated heterocycles. The van der Waals surface area contributed by atoms with Crippen LogP contribution in [-0.2, 0) is 0 Å². The molecule has 2 aromatic carbocycles. The van der Waals surface area contributed by atoms with Crippen LogP contribution in [0.5, 0.6) is 5.75 Å². The summed E-state index contributed by atoms with van der Waals surface area (Å²) >= 11 is 3.38. The van der Waals surface area contributed by atoms with Gasteiger partial charge in [0.2, 0.25) is 0 Å². The molecule has 0 saturated carbocycles. The highest BCUT2D eigenvalue weighted by atomic mass is 79.9. The van der Waals surface area contributed by atoms with Crippen LogP contribution in [0.2, 0.25) is 0 Å². The van der Waals surface area contributed by atoms with Crippen LogP contribution in [0.1, 0.15) is 15.9 Å². The molecule has 0 bridgehead atoms. The third-order valence-electron chi connectivity index (χ3n) is 4.39. The molecular formula is C21H20BrN5O4. The second-order valence-electron chi connectivity index (χ2n) is 6.44. The highest BCUT2D eigenvalue weighted by molar-refractivity contribution is 9.11. The Kier molecular flexibility index (Phi) is 6.93. The van der Waals surface area contributed by atoms with Gasteiger partial charge in [0.1, 0.15) is 5.75 Å². The van der Waals surface area contributed by atoms with Crippen LogP contribution in [0.15, 0.2) is 70.5 Å². The highest BCUT2D eigenvalue weighted by Gasteiger charge is 2.17. The molecular weight excluding hydrogens is 466 g/mol. The van der Waals surface area contributed by atoms with Crippen LogP contribution in [0.3, 0.4) is 0 Å². The zero-order valence-electron chi connectivity index (χ0n) is 16.5. The number of hydrogen-bond donors (Lipinski definition) is 4. The number of hydrogen-bond acceptors (Lipinski definition) is 5. The number of nitrogens with two attached hydrogens (primary N) is 1. The number of oxime groups is 1. The lowest BCUT2D eigenvalue weighted by atomic mass is 10.1. The van der Waals surface area contributed by atoms with Crippen molar-refractivity contribution in [3.8, 4) is 5.75 Å². The number of rotatable bonds is 5. The Bertz CT molecular complexity index is 1080. The van der Waals surface area contributed by atoms with Crippen molar-refractivity contribution in [2.24, 2.45) is 10.9 Å². The third-order valence-corrected chi connectivity index (χ3v) is 4.91. The van der Waals surface area contributed by atoms with Crippen molar-refractivity contribution in [3.05, 3.63) is 76.4 Å². The molecule has 160 valence electrons. The van der Waals surface area contributed by atoms with E-state index in [-0.39, 0.29) is 11.9 Å². The number of anilines is 2. The molecule has 1 heterocycles. The fraction of sp³-hybridized carbons (Fsp3) is 0.0952. The Labute approximate surface area is 187 Å². The smallest absolute Gasteiger partial charge is 0.326 e. The number of urea groups is 1. The molecule has 2 aromatic rings. The monoisotopic (exact) mass is 485 g/mol. The lowest BCUT2D eigenvalue weighted by Crippen LogP contribution is -2.32. The molecule has 0 unspecified atom stereocenters. The summed E-state index contributed by atoms with van der Waals surface area (Å²) < 4.78 is 6.10. The first-order valence-corrected chi connectivity index (χ1v) is 9.88. The van der Waals surface area contributed by atoms with Crippen LogP contribution in [-0.4, -0.2) is 41.5 Å². The van der Waals surface area contributed by atoms with Gasteiger partial charge in [-0.25, -0.2) is 4.79 Å². The van der Waals surface area contributed by atoms with Gasteiger partial charge in [0, 0.05) is 27.9 Å². The van der Waals surface area contributed by atoms with Gasteiger partial charge in [-0.2, -0.15) is 0 Å². The Balaban J connectivity index is 1.79. The van der Waals surface area contributed by atoms with E-state index in [4.69, 9.17) is 15.7 Å². The Hall–Kier alpha value is -3.79. The molecule has 0 radical (unpaired) electrons. The molecule has 5 N–H and O–H groups in total. The number of ether oxygens (including phenoxy) is 1. The van der Waals surface area contributed by atoms with Crippen LogP contribution < -0.4 is 21.1 Å². The molecule has 10 heteroatoms. The number of amidine groups is 1. The number of nitrogens with zero attached hydrogens (tertiary/aromatic N) is 2. The molecule has 3 rings (SSSR count). The van der Waals surface area contributed by atoms with Gasteiger partial charge in [-0.15, -0.1) is 0 Å². The van der Waals surface area contributed by atoms with Crippen molar-refractivity contribution < 1.29 is 19.5 Å². The van der Waals surface area contributed by atoms with E-state index in [0.29, 0.717) is 34.8 Å². The van der Waals surface area contributed by atoms with E-state index in [9.17, 15) is 9.59 Å². The molecule has 31 heavy (non-hydrogen) atoms. The maximum absolute atomic E-state index is 12.7. The normalized spacial score (nSPS) is 13.4. The number of nitrogens with one attached hydrogen (secondary N) is 2. The van der Waals surface area contributed by atoms with Gasteiger partial charge >= 0.3 is 6.03 Å². The Morgan fingerprint density at radius 3 is 2.48 bits per heavy atom. The zero-order chi connectivity index (χ0) is 22.4. The van der Waals surface area contributed by atoms with E-state index >= 15 is 0 Å². The van der Waals surface area contributed by atoms with Gasteiger partial charge in [0.25, 0.3) is 5.91 Å². The molecule has 0 atom stereocenters. The summed E-state index contributed by atoms with van der Waals surface area (Å²) in [6, 6.07) is 10.8. The lowest BCUT2D eigenvalue weighted by Gasteiger charge is -2.22. The maximum Gasteiger partial charge on any atom is 0.326 e. The van der Waals surface area contributed by atoms with E-state index in [1.54, 1.807) is 54.7 Å². The number of carbonyl (C=O) groups is 2. The third kappa shape index (κ3) is 5.43. The lowest BCUT2D eigenvalue weighted by molar-refractivity contribution is 0.102. The largest absolute Gasteiger partial charge is 0.497 e. The number of methoxy groups -OCH3 is 1. The quantitative estimate of drug-likeness (QED) is 0.222. The van der Waals surface area contributed by atoms with E-state index in [0.717, 1.165) is 4.48 Å². The summed E-state index contributed by atoms with van der Waals surface area (Å²) in [7, 11) is 1.51. The summed E-state index contributed by atoms with van der Waals surface area (Å²) in [5.74, 6) is 0.0716. The second-order valence-corrected chi connectivity index (χ2v) is 7.46. The number of halogens is 1. The minimum Gasteiger partial charge on any atom is -0.497 e. The molecule has 0 spiro atoms. The van der Waals surface area contributed by atoms with Crippen molar-refractivity contribution in [2.75, 3.05) is 24.3 Å². The molecule has 9 nitrogen and oxygen atoms in total. The number of carbonyl (C=O) groups excluding carboxylic acids is 2.